The Kier molecular flexibility index (Phi) is 7.81. The minimum Gasteiger partial charge on any atom is -0.386 e. The Morgan fingerprint density at radius 3 is 2.43 bits per heavy atom. The van der Waals surface area contributed by atoms with Crippen molar-refractivity contribution in [3.05, 3.63) is 35.2 Å². The van der Waals surface area contributed by atoms with Crippen molar-refractivity contribution < 1.29 is 56.2 Å². The highest BCUT2D eigenvalue weighted by Crippen LogP contribution is 2.52. The monoisotopic (exact) mass is 689 g/mol. The molecule has 4 unspecified atom stereocenters. The van der Waals surface area contributed by atoms with Gasteiger partial charge in [0.25, 0.3) is 5.56 Å². The smallest absolute Gasteiger partial charge is 0.386 e. The molecule has 3 saturated heterocycles. The van der Waals surface area contributed by atoms with Crippen molar-refractivity contribution in [3.63, 3.8) is 0 Å². The Balaban J connectivity index is 1.16. The van der Waals surface area contributed by atoms with E-state index in [0.29, 0.717) is 0 Å². The molecule has 0 aromatic carbocycles. The van der Waals surface area contributed by atoms with E-state index in [0.717, 1.165) is 10.9 Å². The second kappa shape index (κ2) is 11.5. The van der Waals surface area contributed by atoms with Gasteiger partial charge in [-0.2, -0.15) is 0 Å². The number of aryl methyl sites for hydroxylation is 1. The molecule has 4 aromatic heterocycles. The van der Waals surface area contributed by atoms with Crippen LogP contribution >= 0.6 is 15.4 Å². The molecule has 4 aromatic rings. The summed E-state index contributed by atoms with van der Waals surface area (Å²) in [5.74, 6) is 0.252. The first-order valence-electron chi connectivity index (χ1n) is 13.5. The van der Waals surface area contributed by atoms with Gasteiger partial charge < -0.3 is 44.3 Å². The quantitative estimate of drug-likeness (QED) is 0.164. The summed E-state index contributed by atoms with van der Waals surface area (Å²) in [7, 11) is -9.76. The Labute approximate surface area is 255 Å². The van der Waals surface area contributed by atoms with Crippen LogP contribution in [0.2, 0.25) is 0 Å². The Hall–Kier alpha value is -3.27. The standard InChI is InChI=1S/C22H26FN9O12P2/c1-8-29-19-13(20(34)30-8)28-6-32(19)22-14(33)16-10(43-22)3-41-46(37,38)44-15-9(2-40-45(35,36)7-39-16)42-21(11(15)23)31-5-27-12-17(24)25-4-26-18(12)31/h4-6,9-11,14-16,21-22,33H,2-3,7H2,1H3,(H,35,36)(H,37,38)(H2,24,25,26)(H,29,30,34)/t9-,10-,11+,14+,15?,16?,21-,22-/m1/s1. The number of rotatable bonds is 2. The number of nitrogens with zero attached hydrogens (tertiary/aromatic N) is 7. The Bertz CT molecular complexity index is 1960. The van der Waals surface area contributed by atoms with Gasteiger partial charge >= 0.3 is 15.4 Å². The van der Waals surface area contributed by atoms with Crippen molar-refractivity contribution in [2.24, 2.45) is 0 Å². The summed E-state index contributed by atoms with van der Waals surface area (Å²) in [6, 6.07) is 0. The minimum atomic E-state index is -5.12. The van der Waals surface area contributed by atoms with E-state index in [-0.39, 0.29) is 34.0 Å². The van der Waals surface area contributed by atoms with Crippen LogP contribution in [0.5, 0.6) is 0 Å². The molecule has 6 N–H and O–H groups in total. The van der Waals surface area contributed by atoms with Crippen molar-refractivity contribution in [2.75, 3.05) is 25.3 Å². The molecule has 7 rings (SSSR count). The highest BCUT2D eigenvalue weighted by molar-refractivity contribution is 7.52. The fraction of sp³-hybridized carbons (Fsp3) is 0.545. The molecule has 10 atom stereocenters. The largest absolute Gasteiger partial charge is 0.472 e. The number of phosphoric acid groups is 1. The summed E-state index contributed by atoms with van der Waals surface area (Å²) >= 11 is 0. The zero-order valence-electron chi connectivity index (χ0n) is 23.5. The average molecular weight is 689 g/mol. The van der Waals surface area contributed by atoms with Crippen LogP contribution in [0.3, 0.4) is 0 Å². The van der Waals surface area contributed by atoms with E-state index in [2.05, 4.69) is 29.9 Å². The molecule has 248 valence electrons. The van der Waals surface area contributed by atoms with Crippen LogP contribution in [-0.2, 0) is 36.9 Å². The molecule has 24 heteroatoms. The van der Waals surface area contributed by atoms with Crippen LogP contribution < -0.4 is 11.3 Å². The Morgan fingerprint density at radius 1 is 0.978 bits per heavy atom. The van der Waals surface area contributed by atoms with Crippen LogP contribution in [0.1, 0.15) is 18.3 Å². The molecular formula is C22H26FN9O12P2. The maximum atomic E-state index is 16.0. The molecule has 0 spiro atoms. The number of hydrogen-bond acceptors (Lipinski definition) is 16. The number of fused-ring (bicyclic) bond motifs is 4. The molecule has 21 nitrogen and oxygen atoms in total. The number of phosphoric ester groups is 1. The first-order valence-corrected chi connectivity index (χ1v) is 16.8. The topological polar surface area (TPSA) is 283 Å². The number of H-pyrrole nitrogens is 1. The molecule has 3 aliphatic rings. The van der Waals surface area contributed by atoms with Gasteiger partial charge in [-0.3, -0.25) is 27.5 Å². The first kappa shape index (κ1) is 31.3. The SMILES string of the molecule is Cc1nc2c(ncn2[C@@H]2O[C@@H]3COP(=O)(O)OC4[C@@H](COP(=O)(O)COC3[C@@H]2O)O[C@@H](n2cnc3c(N)ncnc32)[C@H]4F)c(=O)[nH]1. The lowest BCUT2D eigenvalue weighted by atomic mass is 10.1. The van der Waals surface area contributed by atoms with Crippen molar-refractivity contribution >= 4 is 43.6 Å². The number of hydrogen-bond donors (Lipinski definition) is 5. The van der Waals surface area contributed by atoms with Gasteiger partial charge in [0.15, 0.2) is 41.3 Å². The van der Waals surface area contributed by atoms with Crippen LogP contribution in [-0.4, -0.2) is 110 Å². The number of aromatic nitrogens is 8. The molecule has 0 aliphatic carbocycles. The normalized spacial score (nSPS) is 37.4. The summed E-state index contributed by atoms with van der Waals surface area (Å²) in [6.45, 7) is -0.0393. The highest BCUT2D eigenvalue weighted by Gasteiger charge is 2.53. The van der Waals surface area contributed by atoms with Gasteiger partial charge in [-0.25, -0.2) is 33.9 Å². The summed E-state index contributed by atoms with van der Waals surface area (Å²) in [5, 5.41) is 11.2. The van der Waals surface area contributed by atoms with Crippen LogP contribution in [0.15, 0.2) is 23.8 Å². The van der Waals surface area contributed by atoms with Gasteiger partial charge in [-0.05, 0) is 6.92 Å². The molecule has 0 amide bonds. The summed E-state index contributed by atoms with van der Waals surface area (Å²) in [4.78, 5) is 56.1. The lowest BCUT2D eigenvalue weighted by Crippen LogP contribution is -2.37. The molecule has 0 saturated carbocycles. The number of aliphatic hydroxyl groups excluding tert-OH is 1. The van der Waals surface area contributed by atoms with Crippen molar-refractivity contribution in [2.45, 2.75) is 56.1 Å². The number of halogens is 1. The Morgan fingerprint density at radius 2 is 1.65 bits per heavy atom. The van der Waals surface area contributed by atoms with E-state index >= 15 is 4.39 Å². The van der Waals surface area contributed by atoms with Crippen LogP contribution in [0.4, 0.5) is 10.2 Å². The first-order chi connectivity index (χ1) is 21.8. The van der Waals surface area contributed by atoms with Crippen LogP contribution in [0, 0.1) is 6.92 Å². The van der Waals surface area contributed by atoms with Gasteiger partial charge in [0.1, 0.15) is 54.5 Å². The maximum Gasteiger partial charge on any atom is 0.472 e. The third-order valence-electron chi connectivity index (χ3n) is 7.59. The van der Waals surface area contributed by atoms with Crippen molar-refractivity contribution in [1.82, 2.24) is 39.0 Å². The molecule has 0 radical (unpaired) electrons. The second-order valence-electron chi connectivity index (χ2n) is 10.7. The number of imidazole rings is 2. The number of nitrogens with two attached hydrogens (primary N) is 1. The predicted molar refractivity (Wildman–Crippen MR) is 148 cm³/mol. The summed E-state index contributed by atoms with van der Waals surface area (Å²) in [5.41, 5.74) is 5.47. The summed E-state index contributed by atoms with van der Waals surface area (Å²) in [6.07, 6.45) is -10.4. The van der Waals surface area contributed by atoms with E-state index in [9.17, 15) is 28.8 Å². The fourth-order valence-corrected chi connectivity index (χ4v) is 7.28. The molecule has 7 heterocycles. The average Bonchev–Trinajstić information content (AvgIpc) is 3.75. The number of aromatic amines is 1. The second-order valence-corrected chi connectivity index (χ2v) is 13.8. The van der Waals surface area contributed by atoms with Gasteiger partial charge in [-0.1, -0.05) is 0 Å². The van der Waals surface area contributed by atoms with E-state index in [4.69, 9.17) is 33.5 Å². The van der Waals surface area contributed by atoms with E-state index < -0.39 is 89.7 Å². The van der Waals surface area contributed by atoms with Gasteiger partial charge in [0, 0.05) is 0 Å². The molecule has 3 fully saturated rings. The number of ether oxygens (including phenoxy) is 3. The number of nitrogen functional groups attached to an aromatic ring is 1. The molecular weight excluding hydrogens is 663 g/mol. The molecule has 3 aliphatic heterocycles. The summed E-state index contributed by atoms with van der Waals surface area (Å²) < 4.78 is 77.1. The van der Waals surface area contributed by atoms with Gasteiger partial charge in [-0.15, -0.1) is 0 Å². The third-order valence-corrected chi connectivity index (χ3v) is 9.60. The highest BCUT2D eigenvalue weighted by atomic mass is 31.2. The lowest BCUT2D eigenvalue weighted by Gasteiger charge is -2.23. The van der Waals surface area contributed by atoms with Gasteiger partial charge in [0.05, 0.1) is 25.9 Å². The van der Waals surface area contributed by atoms with Crippen LogP contribution in [0.25, 0.3) is 22.3 Å². The lowest BCUT2D eigenvalue weighted by molar-refractivity contribution is -0.0586. The van der Waals surface area contributed by atoms with Crippen molar-refractivity contribution in [1.29, 1.82) is 0 Å². The number of anilines is 1. The van der Waals surface area contributed by atoms with Gasteiger partial charge in [0.2, 0.25) is 0 Å². The van der Waals surface area contributed by atoms with E-state index in [1.54, 1.807) is 0 Å². The fourth-order valence-electron chi connectivity index (χ4n) is 5.51. The number of aliphatic hydroxyl groups is 1. The molecule has 46 heavy (non-hydrogen) atoms. The zero-order chi connectivity index (χ0) is 32.5. The zero-order valence-corrected chi connectivity index (χ0v) is 25.3. The van der Waals surface area contributed by atoms with E-state index in [1.807, 2.05) is 0 Å². The predicted octanol–water partition coefficient (Wildman–Crippen LogP) is -0.596. The van der Waals surface area contributed by atoms with Crippen molar-refractivity contribution in [3.8, 4) is 0 Å². The minimum absolute atomic E-state index is 0.00910. The third kappa shape index (κ3) is 5.54. The molecule has 0 bridgehead atoms. The maximum absolute atomic E-state index is 16.0. The number of nitrogens with one attached hydrogen (secondary N) is 1. The van der Waals surface area contributed by atoms with E-state index in [1.165, 1.54) is 24.1 Å². The number of alkyl halides is 1.